The van der Waals surface area contributed by atoms with Crippen molar-refractivity contribution in [3.8, 4) is 17.2 Å². The maximum Gasteiger partial charge on any atom is 0.321 e. The van der Waals surface area contributed by atoms with Gasteiger partial charge in [-0.2, -0.15) is 0 Å². The Kier molecular flexibility index (Phi) is 6.29. The number of anilines is 1. The Morgan fingerprint density at radius 1 is 1.04 bits per heavy atom. The Labute approximate surface area is 166 Å². The van der Waals surface area contributed by atoms with E-state index in [-0.39, 0.29) is 6.03 Å². The molecule has 0 saturated carbocycles. The molecule has 3 rings (SSSR count). The van der Waals surface area contributed by atoms with Crippen LogP contribution in [0.5, 0.6) is 17.2 Å². The van der Waals surface area contributed by atoms with E-state index in [1.54, 1.807) is 21.3 Å². The van der Waals surface area contributed by atoms with Gasteiger partial charge in [-0.15, -0.1) is 0 Å². The van der Waals surface area contributed by atoms with Crippen molar-refractivity contribution in [3.63, 3.8) is 0 Å². The van der Waals surface area contributed by atoms with E-state index in [9.17, 15) is 4.79 Å². The molecule has 0 aromatic heterocycles. The van der Waals surface area contributed by atoms with E-state index < -0.39 is 0 Å². The van der Waals surface area contributed by atoms with Crippen LogP contribution in [0.3, 0.4) is 0 Å². The molecular formula is C22H28N2O4. The van der Waals surface area contributed by atoms with Crippen molar-refractivity contribution in [1.82, 2.24) is 4.90 Å². The molecule has 0 bridgehead atoms. The number of hydrogen-bond donors (Lipinski definition) is 1. The molecule has 1 saturated heterocycles. The molecule has 150 valence electrons. The van der Waals surface area contributed by atoms with Crippen molar-refractivity contribution in [3.05, 3.63) is 47.5 Å². The summed E-state index contributed by atoms with van der Waals surface area (Å²) in [6.45, 7) is 3.47. The molecule has 1 fully saturated rings. The molecule has 6 nitrogen and oxygen atoms in total. The molecule has 1 heterocycles. The molecule has 1 aliphatic heterocycles. The fraction of sp³-hybridized carbons (Fsp3) is 0.409. The van der Waals surface area contributed by atoms with Crippen LogP contribution in [0.15, 0.2) is 36.4 Å². The molecule has 0 radical (unpaired) electrons. The Morgan fingerprint density at radius 3 is 2.46 bits per heavy atom. The number of ether oxygens (including phenoxy) is 3. The number of likely N-dealkylation sites (tertiary alicyclic amines) is 1. The minimum atomic E-state index is -0.0845. The first kappa shape index (κ1) is 19.9. The van der Waals surface area contributed by atoms with Crippen molar-refractivity contribution >= 4 is 11.7 Å². The van der Waals surface area contributed by atoms with Crippen LogP contribution in [-0.2, 0) is 6.42 Å². The molecular weight excluding hydrogens is 356 g/mol. The highest BCUT2D eigenvalue weighted by molar-refractivity contribution is 5.91. The van der Waals surface area contributed by atoms with Crippen LogP contribution >= 0.6 is 0 Å². The van der Waals surface area contributed by atoms with Crippen molar-refractivity contribution in [1.29, 1.82) is 0 Å². The lowest BCUT2D eigenvalue weighted by Gasteiger charge is -2.19. The molecule has 6 heteroatoms. The maximum absolute atomic E-state index is 12.7. The van der Waals surface area contributed by atoms with Gasteiger partial charge in [0.05, 0.1) is 27.0 Å². The van der Waals surface area contributed by atoms with Gasteiger partial charge >= 0.3 is 6.03 Å². The maximum atomic E-state index is 12.7. The van der Waals surface area contributed by atoms with Crippen LogP contribution in [0, 0.1) is 12.8 Å². The van der Waals surface area contributed by atoms with E-state index in [0.29, 0.717) is 17.4 Å². The first-order valence-electron chi connectivity index (χ1n) is 9.45. The van der Waals surface area contributed by atoms with E-state index >= 15 is 0 Å². The van der Waals surface area contributed by atoms with Crippen LogP contribution in [0.25, 0.3) is 0 Å². The summed E-state index contributed by atoms with van der Waals surface area (Å²) < 4.78 is 16.0. The number of nitrogens with zero attached hydrogens (tertiary/aromatic N) is 1. The number of benzene rings is 2. The second-order valence-electron chi connectivity index (χ2n) is 7.13. The van der Waals surface area contributed by atoms with Gasteiger partial charge in [0.25, 0.3) is 0 Å². The molecule has 0 spiro atoms. The monoisotopic (exact) mass is 384 g/mol. The second-order valence-corrected chi connectivity index (χ2v) is 7.13. The van der Waals surface area contributed by atoms with E-state index in [2.05, 4.69) is 11.4 Å². The predicted molar refractivity (Wildman–Crippen MR) is 110 cm³/mol. The number of carbonyl (C=O) groups is 1. The topological polar surface area (TPSA) is 60.0 Å². The van der Waals surface area contributed by atoms with E-state index in [4.69, 9.17) is 14.2 Å². The number of amides is 2. The minimum absolute atomic E-state index is 0.0845. The van der Waals surface area contributed by atoms with Gasteiger partial charge in [0.1, 0.15) is 5.75 Å². The molecule has 28 heavy (non-hydrogen) atoms. The van der Waals surface area contributed by atoms with Crippen molar-refractivity contribution in [2.24, 2.45) is 5.92 Å². The first-order valence-corrected chi connectivity index (χ1v) is 9.45. The number of rotatable bonds is 6. The van der Waals surface area contributed by atoms with Gasteiger partial charge in [-0.25, -0.2) is 4.79 Å². The summed E-state index contributed by atoms with van der Waals surface area (Å²) >= 11 is 0. The summed E-state index contributed by atoms with van der Waals surface area (Å²) in [6, 6.07) is 11.7. The number of methoxy groups -OCH3 is 3. The van der Waals surface area contributed by atoms with E-state index in [0.717, 1.165) is 43.0 Å². The van der Waals surface area contributed by atoms with Gasteiger partial charge in [0, 0.05) is 13.1 Å². The van der Waals surface area contributed by atoms with Gasteiger partial charge < -0.3 is 24.4 Å². The highest BCUT2D eigenvalue weighted by Gasteiger charge is 2.27. The lowest BCUT2D eigenvalue weighted by Crippen LogP contribution is -2.33. The molecule has 1 unspecified atom stereocenters. The van der Waals surface area contributed by atoms with E-state index in [1.165, 1.54) is 5.56 Å². The van der Waals surface area contributed by atoms with Gasteiger partial charge in [0.15, 0.2) is 11.5 Å². The van der Waals surface area contributed by atoms with Crippen LogP contribution in [0.4, 0.5) is 10.5 Å². The standard InChI is InChI=1S/C22H28N2O4/c1-15-5-7-19(26-2)18(11-15)23-22(25)24-10-9-17(14-24)12-16-6-8-20(27-3)21(13-16)28-4/h5-8,11,13,17H,9-10,12,14H2,1-4H3,(H,23,25). The van der Waals surface area contributed by atoms with Gasteiger partial charge in [-0.1, -0.05) is 12.1 Å². The summed E-state index contributed by atoms with van der Waals surface area (Å²) in [4.78, 5) is 14.6. The number of hydrogen-bond acceptors (Lipinski definition) is 4. The Balaban J connectivity index is 1.61. The molecule has 1 aliphatic rings. The van der Waals surface area contributed by atoms with Crippen LogP contribution in [0.2, 0.25) is 0 Å². The number of aryl methyl sites for hydroxylation is 1. The van der Waals surface area contributed by atoms with Crippen LogP contribution < -0.4 is 19.5 Å². The van der Waals surface area contributed by atoms with Gasteiger partial charge in [0.2, 0.25) is 0 Å². The summed E-state index contributed by atoms with van der Waals surface area (Å²) in [5.74, 6) is 2.55. The van der Waals surface area contributed by atoms with E-state index in [1.807, 2.05) is 42.2 Å². The highest BCUT2D eigenvalue weighted by atomic mass is 16.5. The SMILES string of the molecule is COc1ccc(C)cc1NC(=O)N1CCC(Cc2ccc(OC)c(OC)c2)C1. The Morgan fingerprint density at radius 2 is 1.75 bits per heavy atom. The van der Waals surface area contributed by atoms with Crippen molar-refractivity contribution in [2.45, 2.75) is 19.8 Å². The molecule has 1 atom stereocenters. The lowest BCUT2D eigenvalue weighted by molar-refractivity contribution is 0.220. The largest absolute Gasteiger partial charge is 0.495 e. The quantitative estimate of drug-likeness (QED) is 0.814. The summed E-state index contributed by atoms with van der Waals surface area (Å²) in [5.41, 5.74) is 2.96. The molecule has 1 N–H and O–H groups in total. The molecule has 0 aliphatic carbocycles. The normalized spacial score (nSPS) is 16.0. The van der Waals surface area contributed by atoms with Crippen molar-refractivity contribution in [2.75, 3.05) is 39.7 Å². The summed E-state index contributed by atoms with van der Waals surface area (Å²) in [7, 11) is 4.88. The zero-order valence-electron chi connectivity index (χ0n) is 17.0. The number of nitrogens with one attached hydrogen (secondary N) is 1. The zero-order valence-corrected chi connectivity index (χ0v) is 17.0. The third-order valence-corrected chi connectivity index (χ3v) is 5.14. The Hall–Kier alpha value is -2.89. The number of carbonyl (C=O) groups excluding carboxylic acids is 1. The fourth-order valence-electron chi connectivity index (χ4n) is 3.64. The van der Waals surface area contributed by atoms with Crippen molar-refractivity contribution < 1.29 is 19.0 Å². The molecule has 2 amide bonds. The minimum Gasteiger partial charge on any atom is -0.495 e. The molecule has 2 aromatic carbocycles. The summed E-state index contributed by atoms with van der Waals surface area (Å²) in [6.07, 6.45) is 1.88. The average molecular weight is 384 g/mol. The van der Waals surface area contributed by atoms with Crippen LogP contribution in [-0.4, -0.2) is 45.3 Å². The van der Waals surface area contributed by atoms with Gasteiger partial charge in [-0.3, -0.25) is 0 Å². The highest BCUT2D eigenvalue weighted by Crippen LogP contribution is 2.30. The first-order chi connectivity index (χ1) is 13.5. The Bertz CT molecular complexity index is 837. The van der Waals surface area contributed by atoms with Crippen LogP contribution in [0.1, 0.15) is 17.5 Å². The third-order valence-electron chi connectivity index (χ3n) is 5.14. The smallest absolute Gasteiger partial charge is 0.321 e. The number of urea groups is 1. The summed E-state index contributed by atoms with van der Waals surface area (Å²) in [5, 5.41) is 2.99. The predicted octanol–water partition coefficient (Wildman–Crippen LogP) is 4.12. The molecule has 2 aromatic rings. The zero-order chi connectivity index (χ0) is 20.1. The third kappa shape index (κ3) is 4.50. The van der Waals surface area contributed by atoms with Gasteiger partial charge in [-0.05, 0) is 61.1 Å². The second kappa shape index (κ2) is 8.87. The lowest BCUT2D eigenvalue weighted by atomic mass is 9.98. The fourth-order valence-corrected chi connectivity index (χ4v) is 3.64. The average Bonchev–Trinajstić information content (AvgIpc) is 3.16.